The van der Waals surface area contributed by atoms with E-state index in [4.69, 9.17) is 24.7 Å². The van der Waals surface area contributed by atoms with Crippen molar-refractivity contribution in [2.45, 2.75) is 38.5 Å². The first kappa shape index (κ1) is 20.9. The van der Waals surface area contributed by atoms with Gasteiger partial charge >= 0.3 is 0 Å². The largest absolute Gasteiger partial charge is 0.493 e. The number of aliphatic imine (C=N–C) groups is 1. The van der Waals surface area contributed by atoms with Gasteiger partial charge in [0, 0.05) is 11.5 Å². The Bertz CT molecular complexity index is 895. The third kappa shape index (κ3) is 2.46. The lowest BCUT2D eigenvalue weighted by molar-refractivity contribution is -0.259. The van der Waals surface area contributed by atoms with E-state index in [1.54, 1.807) is 18.2 Å². The van der Waals surface area contributed by atoms with Crippen LogP contribution in [-0.4, -0.2) is 39.2 Å². The number of nitriles is 2. The molecule has 29 heavy (non-hydrogen) atoms. The molecule has 1 aromatic carbocycles. The Morgan fingerprint density at radius 1 is 1.07 bits per heavy atom. The van der Waals surface area contributed by atoms with Gasteiger partial charge in [-0.15, -0.1) is 0 Å². The summed E-state index contributed by atoms with van der Waals surface area (Å²) in [5.41, 5.74) is 4.12. The first-order chi connectivity index (χ1) is 14.0. The molecule has 1 aliphatic heterocycles. The van der Waals surface area contributed by atoms with Crippen LogP contribution in [-0.2, 0) is 9.47 Å². The molecule has 8 nitrogen and oxygen atoms in total. The van der Waals surface area contributed by atoms with Gasteiger partial charge in [0.2, 0.25) is 0 Å². The van der Waals surface area contributed by atoms with E-state index >= 15 is 0 Å². The maximum Gasteiger partial charge on any atom is 0.293 e. The zero-order valence-corrected chi connectivity index (χ0v) is 17.2. The summed E-state index contributed by atoms with van der Waals surface area (Å²) in [6.07, 6.45) is 1.39. The Balaban J connectivity index is 2.23. The molecule has 0 amide bonds. The molecule has 1 heterocycles. The molecule has 1 aromatic rings. The first-order valence-corrected chi connectivity index (χ1v) is 9.67. The number of nitrogens with zero attached hydrogens (tertiary/aromatic N) is 3. The molecule has 0 radical (unpaired) electrons. The first-order valence-electron chi connectivity index (χ1n) is 9.67. The fourth-order valence-corrected chi connectivity index (χ4v) is 4.44. The lowest BCUT2D eigenvalue weighted by Crippen LogP contribution is -2.44. The summed E-state index contributed by atoms with van der Waals surface area (Å²) in [5.74, 6) is -1.29. The molecular formula is C21H26N4O4. The molecule has 3 unspecified atom stereocenters. The molecule has 0 spiro atoms. The molecule has 3 atom stereocenters. The fourth-order valence-electron chi connectivity index (χ4n) is 4.44. The fraction of sp³-hybridized carbons (Fsp3) is 0.571. The number of ether oxygens (including phenoxy) is 4. The summed E-state index contributed by atoms with van der Waals surface area (Å²) in [6, 6.07) is 9.93. The second-order valence-electron chi connectivity index (χ2n) is 7.13. The average Bonchev–Trinajstić information content (AvgIpc) is 3.33. The van der Waals surface area contributed by atoms with Crippen LogP contribution < -0.4 is 15.2 Å². The van der Waals surface area contributed by atoms with Crippen molar-refractivity contribution in [3.8, 4) is 23.6 Å². The number of nitrogens with two attached hydrogens (primary N) is 1. The van der Waals surface area contributed by atoms with Crippen LogP contribution in [0, 0.1) is 33.5 Å². The molecule has 154 valence electrons. The summed E-state index contributed by atoms with van der Waals surface area (Å²) < 4.78 is 23.0. The number of benzene rings is 1. The quantitative estimate of drug-likeness (QED) is 0.634. The number of fused-ring (bicyclic) bond motifs is 1. The van der Waals surface area contributed by atoms with E-state index in [1.165, 1.54) is 14.2 Å². The third-order valence-corrected chi connectivity index (χ3v) is 5.68. The molecule has 1 aliphatic carbocycles. The van der Waals surface area contributed by atoms with E-state index in [9.17, 15) is 10.5 Å². The Morgan fingerprint density at radius 2 is 1.72 bits per heavy atom. The van der Waals surface area contributed by atoms with Gasteiger partial charge in [0.05, 0.1) is 39.6 Å². The SMILES string of the molecule is CCCOC1(OCCC)N=C(N)C2(C#N)C(c3cccc(OC)c3OC)C12C#N. The summed E-state index contributed by atoms with van der Waals surface area (Å²) in [5, 5.41) is 20.6. The van der Waals surface area contributed by atoms with Gasteiger partial charge in [0.1, 0.15) is 11.3 Å². The van der Waals surface area contributed by atoms with Crippen LogP contribution in [0.1, 0.15) is 38.2 Å². The predicted octanol–water partition coefficient (Wildman–Crippen LogP) is 2.70. The average molecular weight is 398 g/mol. The standard InChI is InChI=1S/C21H26N4O4/c1-5-10-28-21(29-11-6-2)20(13-23)17(19(20,12-22)18(24)25-21)14-8-7-9-15(26-3)16(14)27-4/h7-9,17H,5-6,10-11H2,1-4H3,(H2,24,25). The second-order valence-corrected chi connectivity index (χ2v) is 7.13. The lowest BCUT2D eigenvalue weighted by atomic mass is 9.93. The topological polar surface area (TPSA) is 123 Å². The Labute approximate surface area is 170 Å². The van der Waals surface area contributed by atoms with E-state index < -0.39 is 22.7 Å². The third-order valence-electron chi connectivity index (χ3n) is 5.68. The Kier molecular flexibility index (Phi) is 5.44. The van der Waals surface area contributed by atoms with E-state index in [2.05, 4.69) is 17.1 Å². The van der Waals surface area contributed by atoms with E-state index in [0.717, 1.165) is 0 Å². The highest BCUT2D eigenvalue weighted by molar-refractivity contribution is 6.00. The molecule has 0 saturated heterocycles. The molecule has 1 fully saturated rings. The van der Waals surface area contributed by atoms with Crippen molar-refractivity contribution in [2.75, 3.05) is 27.4 Å². The molecule has 0 bridgehead atoms. The summed E-state index contributed by atoms with van der Waals surface area (Å²) in [7, 11) is 3.05. The second kappa shape index (κ2) is 7.55. The van der Waals surface area contributed by atoms with Crippen molar-refractivity contribution in [3.63, 3.8) is 0 Å². The van der Waals surface area contributed by atoms with Gasteiger partial charge in [0.25, 0.3) is 5.91 Å². The van der Waals surface area contributed by atoms with Crippen LogP contribution in [0.5, 0.6) is 11.5 Å². The molecule has 1 saturated carbocycles. The van der Waals surface area contributed by atoms with Crippen molar-refractivity contribution in [2.24, 2.45) is 21.6 Å². The van der Waals surface area contributed by atoms with E-state index in [1.807, 2.05) is 13.8 Å². The molecule has 0 aromatic heterocycles. The molecule has 2 aliphatic rings. The molecule has 8 heteroatoms. The lowest BCUT2D eigenvalue weighted by Gasteiger charge is -2.32. The van der Waals surface area contributed by atoms with Gasteiger partial charge in [0.15, 0.2) is 16.9 Å². The minimum absolute atomic E-state index is 0.0450. The highest BCUT2D eigenvalue weighted by Gasteiger charge is 2.94. The van der Waals surface area contributed by atoms with Crippen molar-refractivity contribution >= 4 is 5.84 Å². The van der Waals surface area contributed by atoms with Crippen molar-refractivity contribution in [1.29, 1.82) is 10.5 Å². The van der Waals surface area contributed by atoms with E-state index in [-0.39, 0.29) is 5.84 Å². The van der Waals surface area contributed by atoms with Gasteiger partial charge in [-0.2, -0.15) is 10.5 Å². The van der Waals surface area contributed by atoms with Crippen molar-refractivity contribution in [1.82, 2.24) is 0 Å². The van der Waals surface area contributed by atoms with Gasteiger partial charge in [-0.05, 0) is 18.9 Å². The highest BCUT2D eigenvalue weighted by atomic mass is 16.7. The van der Waals surface area contributed by atoms with E-state index in [0.29, 0.717) is 43.1 Å². The zero-order valence-electron chi connectivity index (χ0n) is 17.2. The Morgan fingerprint density at radius 3 is 2.21 bits per heavy atom. The maximum absolute atomic E-state index is 10.4. The number of hydrogen-bond acceptors (Lipinski definition) is 8. The smallest absolute Gasteiger partial charge is 0.293 e. The Hall–Kier alpha value is -2.81. The summed E-state index contributed by atoms with van der Waals surface area (Å²) in [6.45, 7) is 4.52. The minimum Gasteiger partial charge on any atom is -0.493 e. The maximum atomic E-state index is 10.4. The van der Waals surface area contributed by atoms with Crippen molar-refractivity contribution in [3.05, 3.63) is 23.8 Å². The molecular weight excluding hydrogens is 372 g/mol. The molecule has 3 rings (SSSR count). The van der Waals surface area contributed by atoms with Crippen LogP contribution in [0.25, 0.3) is 0 Å². The normalized spacial score (nSPS) is 28.6. The molecule has 2 N–H and O–H groups in total. The van der Waals surface area contributed by atoms with Crippen LogP contribution in [0.15, 0.2) is 23.2 Å². The summed E-state index contributed by atoms with van der Waals surface area (Å²) >= 11 is 0. The monoisotopic (exact) mass is 398 g/mol. The number of para-hydroxylation sites is 1. The predicted molar refractivity (Wildman–Crippen MR) is 105 cm³/mol. The number of hydrogen-bond donors (Lipinski definition) is 1. The zero-order chi connectivity index (χ0) is 21.3. The highest BCUT2D eigenvalue weighted by Crippen LogP contribution is 2.82. The van der Waals surface area contributed by atoms with Gasteiger partial charge < -0.3 is 24.7 Å². The van der Waals surface area contributed by atoms with Crippen LogP contribution in [0.3, 0.4) is 0 Å². The van der Waals surface area contributed by atoms with Gasteiger partial charge in [-0.25, -0.2) is 4.99 Å². The number of amidine groups is 1. The van der Waals surface area contributed by atoms with Crippen molar-refractivity contribution < 1.29 is 18.9 Å². The van der Waals surface area contributed by atoms with Gasteiger partial charge in [-0.1, -0.05) is 26.0 Å². The number of methoxy groups -OCH3 is 2. The number of rotatable bonds is 9. The minimum atomic E-state index is -1.65. The van der Waals surface area contributed by atoms with Crippen LogP contribution in [0.2, 0.25) is 0 Å². The van der Waals surface area contributed by atoms with Crippen LogP contribution in [0.4, 0.5) is 0 Å². The van der Waals surface area contributed by atoms with Crippen LogP contribution >= 0.6 is 0 Å². The summed E-state index contributed by atoms with van der Waals surface area (Å²) in [4.78, 5) is 4.42. The van der Waals surface area contributed by atoms with Gasteiger partial charge in [-0.3, -0.25) is 0 Å².